The number of hydrogen-bond acceptors (Lipinski definition) is 2. The van der Waals surface area contributed by atoms with Gasteiger partial charge in [0.15, 0.2) is 0 Å². The molecule has 1 N–H and O–H groups in total. The quantitative estimate of drug-likeness (QED) is 0.665. The van der Waals surface area contributed by atoms with Gasteiger partial charge in [-0.15, -0.1) is 0 Å². The van der Waals surface area contributed by atoms with Crippen LogP contribution in [0.1, 0.15) is 33.1 Å². The number of rotatable bonds is 3. The summed E-state index contributed by atoms with van der Waals surface area (Å²) in [5.41, 5.74) is 0. The minimum atomic E-state index is 0.666. The van der Waals surface area contributed by atoms with Crippen LogP contribution in [0.15, 0.2) is 0 Å². The summed E-state index contributed by atoms with van der Waals surface area (Å²) >= 11 is 0. The molecule has 1 aliphatic heterocycles. The zero-order chi connectivity index (χ0) is 8.10. The van der Waals surface area contributed by atoms with Gasteiger partial charge in [0.1, 0.15) is 0 Å². The summed E-state index contributed by atoms with van der Waals surface area (Å²) in [6, 6.07) is 0. The predicted molar refractivity (Wildman–Crippen MR) is 48.6 cm³/mol. The lowest BCUT2D eigenvalue weighted by atomic mass is 10.1. The topological polar surface area (TPSA) is 15.3 Å². The van der Waals surface area contributed by atoms with Crippen LogP contribution in [0.25, 0.3) is 0 Å². The summed E-state index contributed by atoms with van der Waals surface area (Å²) in [7, 11) is 0. The second-order valence-corrected chi connectivity index (χ2v) is 3.19. The fourth-order valence-electron chi connectivity index (χ4n) is 1.81. The van der Waals surface area contributed by atoms with Crippen molar-refractivity contribution in [2.24, 2.45) is 0 Å². The van der Waals surface area contributed by atoms with E-state index in [9.17, 15) is 0 Å². The molecule has 0 aromatic carbocycles. The summed E-state index contributed by atoms with van der Waals surface area (Å²) < 4.78 is 0. The summed E-state index contributed by atoms with van der Waals surface area (Å²) in [4.78, 5) is 2.50. The van der Waals surface area contributed by atoms with Gasteiger partial charge in [-0.05, 0) is 38.9 Å². The molecule has 0 saturated carbocycles. The molecule has 11 heavy (non-hydrogen) atoms. The van der Waals surface area contributed by atoms with Crippen molar-refractivity contribution in [2.45, 2.75) is 39.3 Å². The molecule has 1 atom stereocenters. The molecule has 2 heteroatoms. The van der Waals surface area contributed by atoms with Crippen molar-refractivity contribution in [3.05, 3.63) is 0 Å². The maximum Gasteiger partial charge on any atom is 0.0596 e. The second-order valence-electron chi connectivity index (χ2n) is 3.19. The number of nitrogens with zero attached hydrogens (tertiary/aromatic N) is 1. The van der Waals surface area contributed by atoms with E-state index >= 15 is 0 Å². The largest absolute Gasteiger partial charge is 0.302 e. The van der Waals surface area contributed by atoms with E-state index in [2.05, 4.69) is 24.1 Å². The molecular formula is C9H20N2. The van der Waals surface area contributed by atoms with Gasteiger partial charge in [-0.1, -0.05) is 13.8 Å². The zero-order valence-corrected chi connectivity index (χ0v) is 7.77. The van der Waals surface area contributed by atoms with Crippen LogP contribution in [0, 0.1) is 0 Å². The van der Waals surface area contributed by atoms with Gasteiger partial charge in [0.25, 0.3) is 0 Å². The van der Waals surface area contributed by atoms with E-state index in [4.69, 9.17) is 0 Å². The lowest BCUT2D eigenvalue weighted by Gasteiger charge is -2.33. The lowest BCUT2D eigenvalue weighted by Crippen LogP contribution is -2.47. The minimum absolute atomic E-state index is 0.666. The molecule has 0 aromatic heterocycles. The average molecular weight is 156 g/mol. The van der Waals surface area contributed by atoms with Gasteiger partial charge in [0.2, 0.25) is 0 Å². The predicted octanol–water partition coefficient (Wildman–Crippen LogP) is 1.43. The van der Waals surface area contributed by atoms with Crippen LogP contribution in [0.3, 0.4) is 0 Å². The normalized spacial score (nSPS) is 25.9. The van der Waals surface area contributed by atoms with Gasteiger partial charge in [0.05, 0.1) is 6.17 Å². The third-order valence-electron chi connectivity index (χ3n) is 2.54. The van der Waals surface area contributed by atoms with Crippen molar-refractivity contribution in [1.82, 2.24) is 10.2 Å². The van der Waals surface area contributed by atoms with E-state index in [1.54, 1.807) is 0 Å². The fraction of sp³-hybridized carbons (Fsp3) is 1.00. The molecule has 1 rings (SSSR count). The van der Waals surface area contributed by atoms with Crippen LogP contribution in [-0.2, 0) is 0 Å². The maximum atomic E-state index is 3.55. The van der Waals surface area contributed by atoms with Gasteiger partial charge < -0.3 is 5.32 Å². The number of hydrogen-bond donors (Lipinski definition) is 1. The summed E-state index contributed by atoms with van der Waals surface area (Å²) in [6.07, 6.45) is 4.76. The van der Waals surface area contributed by atoms with Crippen molar-refractivity contribution in [3.63, 3.8) is 0 Å². The molecule has 0 bridgehead atoms. The van der Waals surface area contributed by atoms with Crippen LogP contribution < -0.4 is 5.32 Å². The Balaban J connectivity index is 2.30. The van der Waals surface area contributed by atoms with E-state index in [1.807, 2.05) is 0 Å². The van der Waals surface area contributed by atoms with Crippen LogP contribution in [0.5, 0.6) is 0 Å². The van der Waals surface area contributed by atoms with Crippen LogP contribution in [-0.4, -0.2) is 30.7 Å². The average Bonchev–Trinajstić information content (AvgIpc) is 2.09. The minimum Gasteiger partial charge on any atom is -0.302 e. The Kier molecular flexibility index (Phi) is 3.87. The SMILES string of the molecule is CCN(CC)C1CCCCN1. The van der Waals surface area contributed by atoms with E-state index in [1.165, 1.54) is 38.9 Å². The van der Waals surface area contributed by atoms with Gasteiger partial charge in [-0.25, -0.2) is 0 Å². The smallest absolute Gasteiger partial charge is 0.0596 e. The Hall–Kier alpha value is -0.0800. The Labute approximate surface area is 70.0 Å². The molecule has 1 unspecified atom stereocenters. The third kappa shape index (κ3) is 2.46. The van der Waals surface area contributed by atoms with E-state index in [0.717, 1.165) is 0 Å². The fourth-order valence-corrected chi connectivity index (χ4v) is 1.81. The lowest BCUT2D eigenvalue weighted by molar-refractivity contribution is 0.152. The first-order chi connectivity index (χ1) is 5.38. The second kappa shape index (κ2) is 4.73. The molecule has 0 aromatic rings. The highest BCUT2D eigenvalue weighted by Gasteiger charge is 2.16. The Bertz CT molecular complexity index is 93.7. The van der Waals surface area contributed by atoms with Gasteiger partial charge in [0, 0.05) is 0 Å². The third-order valence-corrected chi connectivity index (χ3v) is 2.54. The van der Waals surface area contributed by atoms with Gasteiger partial charge in [-0.3, -0.25) is 4.90 Å². The molecule has 0 aliphatic carbocycles. The monoisotopic (exact) mass is 156 g/mol. The molecule has 2 nitrogen and oxygen atoms in total. The van der Waals surface area contributed by atoms with Crippen molar-refractivity contribution in [1.29, 1.82) is 0 Å². The van der Waals surface area contributed by atoms with E-state index in [0.29, 0.717) is 6.17 Å². The molecule has 66 valence electrons. The first-order valence-corrected chi connectivity index (χ1v) is 4.86. The van der Waals surface area contributed by atoms with Crippen LogP contribution in [0.2, 0.25) is 0 Å². The van der Waals surface area contributed by atoms with E-state index < -0.39 is 0 Å². The van der Waals surface area contributed by atoms with Crippen molar-refractivity contribution < 1.29 is 0 Å². The summed E-state index contributed by atoms with van der Waals surface area (Å²) in [5, 5.41) is 3.55. The van der Waals surface area contributed by atoms with Crippen molar-refractivity contribution >= 4 is 0 Å². The first kappa shape index (κ1) is 9.01. The molecule has 1 aliphatic rings. The highest BCUT2D eigenvalue weighted by molar-refractivity contribution is 4.71. The molecular weight excluding hydrogens is 136 g/mol. The highest BCUT2D eigenvalue weighted by Crippen LogP contribution is 2.10. The molecule has 0 radical (unpaired) electrons. The molecule has 0 spiro atoms. The number of piperidine rings is 1. The maximum absolute atomic E-state index is 3.55. The van der Waals surface area contributed by atoms with Crippen LogP contribution >= 0.6 is 0 Å². The van der Waals surface area contributed by atoms with Crippen LogP contribution in [0.4, 0.5) is 0 Å². The summed E-state index contributed by atoms with van der Waals surface area (Å²) in [5.74, 6) is 0. The molecule has 1 fully saturated rings. The zero-order valence-electron chi connectivity index (χ0n) is 7.77. The van der Waals surface area contributed by atoms with Crippen molar-refractivity contribution in [3.8, 4) is 0 Å². The summed E-state index contributed by atoms with van der Waals surface area (Å²) in [6.45, 7) is 8.03. The standard InChI is InChI=1S/C9H20N2/c1-3-11(4-2)9-7-5-6-8-10-9/h9-10H,3-8H2,1-2H3. The Morgan fingerprint density at radius 1 is 1.27 bits per heavy atom. The molecule has 1 saturated heterocycles. The van der Waals surface area contributed by atoms with Gasteiger partial charge >= 0.3 is 0 Å². The van der Waals surface area contributed by atoms with E-state index in [-0.39, 0.29) is 0 Å². The first-order valence-electron chi connectivity index (χ1n) is 4.86. The number of nitrogens with one attached hydrogen (secondary N) is 1. The van der Waals surface area contributed by atoms with Gasteiger partial charge in [-0.2, -0.15) is 0 Å². The molecule has 0 amide bonds. The Morgan fingerprint density at radius 2 is 2.00 bits per heavy atom. The molecule has 1 heterocycles. The Morgan fingerprint density at radius 3 is 2.45 bits per heavy atom. The highest BCUT2D eigenvalue weighted by atomic mass is 15.3. The van der Waals surface area contributed by atoms with Crippen molar-refractivity contribution in [2.75, 3.05) is 19.6 Å².